The van der Waals surface area contributed by atoms with Crippen LogP contribution in [0.15, 0.2) is 17.2 Å². The van der Waals surface area contributed by atoms with E-state index in [-0.39, 0.29) is 18.2 Å². The molecule has 0 saturated heterocycles. The lowest BCUT2D eigenvalue weighted by molar-refractivity contribution is 0.282. The zero-order chi connectivity index (χ0) is 13.8. The highest BCUT2D eigenvalue weighted by Crippen LogP contribution is 2.27. The highest BCUT2D eigenvalue weighted by atomic mass is 16.3. The van der Waals surface area contributed by atoms with E-state index in [4.69, 9.17) is 5.11 Å². The van der Waals surface area contributed by atoms with Crippen LogP contribution in [0.1, 0.15) is 45.6 Å². The van der Waals surface area contributed by atoms with Crippen LogP contribution in [0.3, 0.4) is 0 Å². The van der Waals surface area contributed by atoms with Gasteiger partial charge in [0.2, 0.25) is 0 Å². The highest BCUT2D eigenvalue weighted by molar-refractivity contribution is 5.38. The van der Waals surface area contributed by atoms with Crippen LogP contribution in [0, 0.1) is 0 Å². The molecule has 1 aliphatic rings. The van der Waals surface area contributed by atoms with Crippen LogP contribution in [-0.4, -0.2) is 33.9 Å². The molecule has 0 unspecified atom stereocenters. The number of anilines is 1. The first kappa shape index (κ1) is 14.1. The second-order valence-corrected chi connectivity index (χ2v) is 5.41. The van der Waals surface area contributed by atoms with E-state index in [1.54, 1.807) is 17.0 Å². The third kappa shape index (κ3) is 2.97. The van der Waals surface area contributed by atoms with Gasteiger partial charge in [-0.2, -0.15) is 0 Å². The first-order valence-corrected chi connectivity index (χ1v) is 7.09. The van der Waals surface area contributed by atoms with E-state index in [1.807, 2.05) is 13.8 Å². The van der Waals surface area contributed by atoms with Crippen LogP contribution < -0.4 is 10.5 Å². The van der Waals surface area contributed by atoms with Gasteiger partial charge in [0.25, 0.3) is 5.56 Å². The van der Waals surface area contributed by atoms with E-state index >= 15 is 0 Å². The zero-order valence-electron chi connectivity index (χ0n) is 11.7. The van der Waals surface area contributed by atoms with Crippen molar-refractivity contribution in [3.63, 3.8) is 0 Å². The maximum absolute atomic E-state index is 12.5. The van der Waals surface area contributed by atoms with E-state index in [1.165, 1.54) is 6.42 Å². The minimum absolute atomic E-state index is 0.0256. The van der Waals surface area contributed by atoms with Gasteiger partial charge in [0, 0.05) is 37.6 Å². The van der Waals surface area contributed by atoms with Crippen LogP contribution in [0.2, 0.25) is 0 Å². The lowest BCUT2D eigenvalue weighted by atomic mass is 9.91. The molecule has 1 heterocycles. The third-order valence-corrected chi connectivity index (χ3v) is 3.75. The van der Waals surface area contributed by atoms with Crippen molar-refractivity contribution in [1.82, 2.24) is 9.55 Å². The fraction of sp³-hybridized carbons (Fsp3) is 0.714. The van der Waals surface area contributed by atoms with Crippen LogP contribution >= 0.6 is 0 Å². The van der Waals surface area contributed by atoms with E-state index < -0.39 is 0 Å². The maximum Gasteiger partial charge on any atom is 0.293 e. The molecule has 1 aliphatic carbocycles. The number of nitrogens with zero attached hydrogens (tertiary/aromatic N) is 3. The lowest BCUT2D eigenvalue weighted by Gasteiger charge is -2.38. The summed E-state index contributed by atoms with van der Waals surface area (Å²) in [7, 11) is 0. The van der Waals surface area contributed by atoms with Gasteiger partial charge in [0.1, 0.15) is 0 Å². The first-order valence-electron chi connectivity index (χ1n) is 7.09. The third-order valence-electron chi connectivity index (χ3n) is 3.75. The standard InChI is InChI=1S/C14H23N3O2/c1-11(2)16-9-7-15-13(14(16)19)17(8-4-10-18)12-5-3-6-12/h7,9,11-12,18H,3-6,8,10H2,1-2H3. The van der Waals surface area contributed by atoms with Gasteiger partial charge in [0.05, 0.1) is 0 Å². The number of hydrogen-bond acceptors (Lipinski definition) is 4. The molecule has 1 saturated carbocycles. The quantitative estimate of drug-likeness (QED) is 0.848. The van der Waals surface area contributed by atoms with Gasteiger partial charge in [-0.1, -0.05) is 0 Å². The molecule has 0 aromatic carbocycles. The van der Waals surface area contributed by atoms with Gasteiger partial charge in [-0.3, -0.25) is 4.79 Å². The fourth-order valence-electron chi connectivity index (χ4n) is 2.42. The van der Waals surface area contributed by atoms with Crippen LogP contribution in [0.5, 0.6) is 0 Å². The summed E-state index contributed by atoms with van der Waals surface area (Å²) >= 11 is 0. The van der Waals surface area contributed by atoms with Gasteiger partial charge in [-0.05, 0) is 39.5 Å². The smallest absolute Gasteiger partial charge is 0.293 e. The molecule has 0 bridgehead atoms. The molecule has 5 heteroatoms. The molecule has 0 atom stereocenters. The molecule has 2 rings (SSSR count). The summed E-state index contributed by atoms with van der Waals surface area (Å²) in [5.74, 6) is 0.536. The fourth-order valence-corrected chi connectivity index (χ4v) is 2.42. The average molecular weight is 265 g/mol. The maximum atomic E-state index is 12.5. The summed E-state index contributed by atoms with van der Waals surface area (Å²) in [6, 6.07) is 0.546. The van der Waals surface area contributed by atoms with Gasteiger partial charge in [-0.15, -0.1) is 0 Å². The molecule has 1 N–H and O–H groups in total. The van der Waals surface area contributed by atoms with E-state index in [0.29, 0.717) is 24.8 Å². The summed E-state index contributed by atoms with van der Waals surface area (Å²) in [6.07, 6.45) is 7.55. The summed E-state index contributed by atoms with van der Waals surface area (Å²) < 4.78 is 1.72. The Morgan fingerprint density at radius 1 is 1.53 bits per heavy atom. The molecule has 0 amide bonds. The van der Waals surface area contributed by atoms with Crippen LogP contribution in [-0.2, 0) is 0 Å². The number of aliphatic hydroxyl groups excluding tert-OH is 1. The number of aromatic nitrogens is 2. The summed E-state index contributed by atoms with van der Waals surface area (Å²) in [5.41, 5.74) is -0.0256. The molecule has 1 aromatic rings. The summed E-state index contributed by atoms with van der Waals surface area (Å²) in [5, 5.41) is 9.02. The minimum atomic E-state index is -0.0256. The Morgan fingerprint density at radius 2 is 2.26 bits per heavy atom. The number of hydrogen-bond donors (Lipinski definition) is 1. The molecule has 0 aliphatic heterocycles. The zero-order valence-corrected chi connectivity index (χ0v) is 11.7. The van der Waals surface area contributed by atoms with Gasteiger partial charge >= 0.3 is 0 Å². The van der Waals surface area contributed by atoms with Crippen molar-refractivity contribution < 1.29 is 5.11 Å². The van der Waals surface area contributed by atoms with Crippen molar-refractivity contribution in [2.75, 3.05) is 18.1 Å². The minimum Gasteiger partial charge on any atom is -0.396 e. The average Bonchev–Trinajstić information content (AvgIpc) is 2.32. The van der Waals surface area contributed by atoms with Crippen LogP contribution in [0.4, 0.5) is 5.82 Å². The van der Waals surface area contributed by atoms with Crippen molar-refractivity contribution in [1.29, 1.82) is 0 Å². The van der Waals surface area contributed by atoms with Gasteiger partial charge in [0.15, 0.2) is 5.82 Å². The second kappa shape index (κ2) is 6.19. The van der Waals surface area contributed by atoms with Crippen molar-refractivity contribution in [3.8, 4) is 0 Å². The van der Waals surface area contributed by atoms with E-state index in [9.17, 15) is 4.79 Å². The Bertz CT molecular complexity index is 466. The van der Waals surface area contributed by atoms with Gasteiger partial charge < -0.3 is 14.6 Å². The number of aliphatic hydroxyl groups is 1. The Morgan fingerprint density at radius 3 is 2.79 bits per heavy atom. The predicted octanol–water partition coefficient (Wildman–Crippen LogP) is 1.57. The molecule has 5 nitrogen and oxygen atoms in total. The molecule has 1 aromatic heterocycles. The largest absolute Gasteiger partial charge is 0.396 e. The summed E-state index contributed by atoms with van der Waals surface area (Å²) in [4.78, 5) is 18.8. The Hall–Kier alpha value is -1.36. The van der Waals surface area contributed by atoms with Crippen molar-refractivity contribution in [2.24, 2.45) is 0 Å². The molecule has 106 valence electrons. The van der Waals surface area contributed by atoms with Crippen molar-refractivity contribution in [2.45, 2.75) is 51.6 Å². The van der Waals surface area contributed by atoms with Crippen molar-refractivity contribution in [3.05, 3.63) is 22.7 Å². The Balaban J connectivity index is 2.30. The highest BCUT2D eigenvalue weighted by Gasteiger charge is 2.27. The monoisotopic (exact) mass is 265 g/mol. The van der Waals surface area contributed by atoms with Gasteiger partial charge in [-0.25, -0.2) is 4.98 Å². The first-order chi connectivity index (χ1) is 9.15. The summed E-state index contributed by atoms with van der Waals surface area (Å²) in [6.45, 7) is 4.83. The predicted molar refractivity (Wildman–Crippen MR) is 75.6 cm³/mol. The lowest BCUT2D eigenvalue weighted by Crippen LogP contribution is -2.45. The molecule has 19 heavy (non-hydrogen) atoms. The molecule has 0 radical (unpaired) electrons. The number of rotatable bonds is 6. The second-order valence-electron chi connectivity index (χ2n) is 5.41. The topological polar surface area (TPSA) is 58.4 Å². The van der Waals surface area contributed by atoms with E-state index in [2.05, 4.69) is 9.88 Å². The molecule has 0 spiro atoms. The molecule has 1 fully saturated rings. The van der Waals surface area contributed by atoms with Crippen molar-refractivity contribution >= 4 is 5.82 Å². The molecular weight excluding hydrogens is 242 g/mol. The normalized spacial score (nSPS) is 15.6. The van der Waals surface area contributed by atoms with Crippen LogP contribution in [0.25, 0.3) is 0 Å². The molecular formula is C14H23N3O2. The SMILES string of the molecule is CC(C)n1ccnc(N(CCCO)C2CCC2)c1=O. The Labute approximate surface area is 113 Å². The van der Waals surface area contributed by atoms with E-state index in [0.717, 1.165) is 12.8 Å². The Kier molecular flexibility index (Phi) is 4.58.